The molecule has 1 aromatic heterocycles. The number of hydrogen-bond acceptors (Lipinski definition) is 4. The molecule has 3 rings (SSSR count). The van der Waals surface area contributed by atoms with Crippen molar-refractivity contribution in [1.29, 1.82) is 0 Å². The number of aromatic nitrogens is 1. The molecule has 0 spiro atoms. The van der Waals surface area contributed by atoms with Gasteiger partial charge in [-0.1, -0.05) is 25.1 Å². The summed E-state index contributed by atoms with van der Waals surface area (Å²) in [5.41, 5.74) is 2.08. The summed E-state index contributed by atoms with van der Waals surface area (Å²) >= 11 is 0. The first-order valence-corrected chi connectivity index (χ1v) is 10.6. The Kier molecular flexibility index (Phi) is 8.31. The van der Waals surface area contributed by atoms with Crippen molar-refractivity contribution in [2.75, 3.05) is 26.7 Å². The molecular formula is C23H33N5O. The number of aliphatic imine (C=N–C) groups is 1. The Hall–Kier alpha value is -2.60. The van der Waals surface area contributed by atoms with Crippen LogP contribution in [0.5, 0.6) is 5.75 Å². The number of pyridine rings is 1. The van der Waals surface area contributed by atoms with Gasteiger partial charge in [0.2, 0.25) is 0 Å². The van der Waals surface area contributed by atoms with Gasteiger partial charge in [0, 0.05) is 38.9 Å². The minimum Gasteiger partial charge on any atom is -0.487 e. The predicted molar refractivity (Wildman–Crippen MR) is 118 cm³/mol. The van der Waals surface area contributed by atoms with Crippen LogP contribution in [0.25, 0.3) is 0 Å². The maximum absolute atomic E-state index is 5.88. The number of rotatable bonds is 8. The summed E-state index contributed by atoms with van der Waals surface area (Å²) in [5, 5.41) is 7.00. The number of piperidine rings is 1. The lowest BCUT2D eigenvalue weighted by Crippen LogP contribution is -2.48. The fraction of sp³-hybridized carbons (Fsp3) is 0.478. The van der Waals surface area contributed by atoms with Crippen LogP contribution >= 0.6 is 0 Å². The third-order valence-electron chi connectivity index (χ3n) is 5.16. The van der Waals surface area contributed by atoms with Gasteiger partial charge in [0.05, 0.1) is 5.69 Å². The molecule has 0 saturated carbocycles. The summed E-state index contributed by atoms with van der Waals surface area (Å²) in [4.78, 5) is 11.2. The van der Waals surface area contributed by atoms with Gasteiger partial charge in [-0.05, 0) is 55.6 Å². The van der Waals surface area contributed by atoms with E-state index in [0.717, 1.165) is 48.9 Å². The summed E-state index contributed by atoms with van der Waals surface area (Å²) in [6, 6.07) is 14.5. The van der Waals surface area contributed by atoms with E-state index < -0.39 is 0 Å². The molecule has 0 amide bonds. The zero-order valence-corrected chi connectivity index (χ0v) is 17.6. The van der Waals surface area contributed by atoms with E-state index >= 15 is 0 Å². The van der Waals surface area contributed by atoms with Crippen molar-refractivity contribution < 1.29 is 4.74 Å². The third-order valence-corrected chi connectivity index (χ3v) is 5.16. The summed E-state index contributed by atoms with van der Waals surface area (Å²) in [6.07, 6.45) is 5.34. The fourth-order valence-electron chi connectivity index (χ4n) is 3.58. The normalized spacial score (nSPS) is 15.9. The molecule has 1 aliphatic heterocycles. The predicted octanol–water partition coefficient (Wildman–Crippen LogP) is 3.20. The lowest BCUT2D eigenvalue weighted by Gasteiger charge is -2.32. The zero-order valence-electron chi connectivity index (χ0n) is 17.6. The second-order valence-electron chi connectivity index (χ2n) is 7.44. The van der Waals surface area contributed by atoms with Crippen molar-refractivity contribution in [1.82, 2.24) is 20.5 Å². The van der Waals surface area contributed by atoms with E-state index in [1.807, 2.05) is 37.4 Å². The Morgan fingerprint density at radius 2 is 2.07 bits per heavy atom. The second kappa shape index (κ2) is 11.4. The fourth-order valence-corrected chi connectivity index (χ4v) is 3.58. The standard InChI is InChI=1S/C23H33N5O/c1-3-13-28-14-10-20(11-15-28)27-23(24-2)26-17-19-7-6-9-22(16-19)29-18-21-8-4-5-12-25-21/h4-9,12,16,20H,3,10-11,13-15,17-18H2,1-2H3,(H2,24,26,27). The lowest BCUT2D eigenvalue weighted by molar-refractivity contribution is 0.206. The Morgan fingerprint density at radius 1 is 1.21 bits per heavy atom. The summed E-state index contributed by atoms with van der Waals surface area (Å²) in [5.74, 6) is 1.71. The van der Waals surface area contributed by atoms with Gasteiger partial charge in [-0.2, -0.15) is 0 Å². The molecule has 6 nitrogen and oxygen atoms in total. The molecule has 2 heterocycles. The van der Waals surface area contributed by atoms with Gasteiger partial charge in [-0.15, -0.1) is 0 Å². The molecular weight excluding hydrogens is 362 g/mol. The number of nitrogens with zero attached hydrogens (tertiary/aromatic N) is 3. The molecule has 0 aliphatic carbocycles. The van der Waals surface area contributed by atoms with Crippen LogP contribution in [-0.4, -0.2) is 48.6 Å². The molecule has 1 aromatic carbocycles. The van der Waals surface area contributed by atoms with Gasteiger partial charge >= 0.3 is 0 Å². The highest BCUT2D eigenvalue weighted by molar-refractivity contribution is 5.79. The molecule has 0 atom stereocenters. The minimum absolute atomic E-state index is 0.470. The van der Waals surface area contributed by atoms with Crippen molar-refractivity contribution in [3.05, 3.63) is 59.9 Å². The largest absolute Gasteiger partial charge is 0.487 e. The maximum atomic E-state index is 5.88. The van der Waals surface area contributed by atoms with E-state index in [9.17, 15) is 0 Å². The first-order chi connectivity index (χ1) is 14.3. The van der Waals surface area contributed by atoms with Gasteiger partial charge < -0.3 is 20.3 Å². The van der Waals surface area contributed by atoms with E-state index in [-0.39, 0.29) is 0 Å². The van der Waals surface area contributed by atoms with Crippen LogP contribution in [0.4, 0.5) is 0 Å². The third kappa shape index (κ3) is 7.06. The molecule has 0 radical (unpaired) electrons. The van der Waals surface area contributed by atoms with Crippen molar-refractivity contribution in [2.24, 2.45) is 4.99 Å². The topological polar surface area (TPSA) is 61.8 Å². The zero-order chi connectivity index (χ0) is 20.3. The average Bonchev–Trinajstić information content (AvgIpc) is 2.77. The molecule has 1 saturated heterocycles. The van der Waals surface area contributed by atoms with E-state index in [1.165, 1.54) is 13.0 Å². The van der Waals surface area contributed by atoms with Gasteiger partial charge in [0.1, 0.15) is 12.4 Å². The van der Waals surface area contributed by atoms with Gasteiger partial charge in [-0.3, -0.25) is 9.98 Å². The van der Waals surface area contributed by atoms with Crippen molar-refractivity contribution in [3.8, 4) is 5.75 Å². The van der Waals surface area contributed by atoms with Crippen LogP contribution < -0.4 is 15.4 Å². The molecule has 156 valence electrons. The van der Waals surface area contributed by atoms with Crippen LogP contribution in [-0.2, 0) is 13.2 Å². The monoisotopic (exact) mass is 395 g/mol. The van der Waals surface area contributed by atoms with Crippen LogP contribution in [0.1, 0.15) is 37.4 Å². The Balaban J connectivity index is 1.45. The molecule has 2 N–H and O–H groups in total. The molecule has 0 bridgehead atoms. The van der Waals surface area contributed by atoms with Gasteiger partial charge in [0.25, 0.3) is 0 Å². The SMILES string of the molecule is CCCN1CCC(NC(=NC)NCc2cccc(OCc3ccccn3)c2)CC1. The second-order valence-corrected chi connectivity index (χ2v) is 7.44. The first-order valence-electron chi connectivity index (χ1n) is 10.6. The van der Waals surface area contributed by atoms with Crippen molar-refractivity contribution >= 4 is 5.96 Å². The quantitative estimate of drug-likeness (QED) is 0.531. The van der Waals surface area contributed by atoms with E-state index in [2.05, 4.69) is 44.6 Å². The van der Waals surface area contributed by atoms with Crippen molar-refractivity contribution in [2.45, 2.75) is 45.4 Å². The summed E-state index contributed by atoms with van der Waals surface area (Å²) in [7, 11) is 1.83. The van der Waals surface area contributed by atoms with E-state index in [4.69, 9.17) is 4.74 Å². The van der Waals surface area contributed by atoms with E-state index in [1.54, 1.807) is 6.20 Å². The van der Waals surface area contributed by atoms with Crippen LogP contribution in [0.2, 0.25) is 0 Å². The number of ether oxygens (including phenoxy) is 1. The highest BCUT2D eigenvalue weighted by atomic mass is 16.5. The lowest BCUT2D eigenvalue weighted by atomic mass is 10.1. The van der Waals surface area contributed by atoms with Gasteiger partial charge in [-0.25, -0.2) is 0 Å². The van der Waals surface area contributed by atoms with Crippen LogP contribution in [0, 0.1) is 0 Å². The number of nitrogens with one attached hydrogen (secondary N) is 2. The highest BCUT2D eigenvalue weighted by Gasteiger charge is 2.19. The summed E-state index contributed by atoms with van der Waals surface area (Å²) < 4.78 is 5.88. The smallest absolute Gasteiger partial charge is 0.191 e. The van der Waals surface area contributed by atoms with Crippen LogP contribution in [0.15, 0.2) is 53.7 Å². The molecule has 2 aromatic rings. The molecule has 1 fully saturated rings. The molecule has 1 aliphatic rings. The average molecular weight is 396 g/mol. The van der Waals surface area contributed by atoms with Gasteiger partial charge in [0.15, 0.2) is 5.96 Å². The van der Waals surface area contributed by atoms with Crippen LogP contribution in [0.3, 0.4) is 0 Å². The first kappa shape index (κ1) is 21.1. The molecule has 0 unspecified atom stereocenters. The number of benzene rings is 1. The number of likely N-dealkylation sites (tertiary alicyclic amines) is 1. The minimum atomic E-state index is 0.470. The molecule has 6 heteroatoms. The summed E-state index contributed by atoms with van der Waals surface area (Å²) in [6.45, 7) is 6.95. The Bertz CT molecular complexity index is 757. The Morgan fingerprint density at radius 3 is 2.79 bits per heavy atom. The van der Waals surface area contributed by atoms with E-state index in [0.29, 0.717) is 19.2 Å². The number of hydrogen-bond donors (Lipinski definition) is 2. The Labute approximate surface area is 174 Å². The maximum Gasteiger partial charge on any atom is 0.191 e. The highest BCUT2D eigenvalue weighted by Crippen LogP contribution is 2.15. The number of guanidine groups is 1. The molecule has 29 heavy (non-hydrogen) atoms. The van der Waals surface area contributed by atoms with Crippen molar-refractivity contribution in [3.63, 3.8) is 0 Å².